The number of carbonyl (C=O) groups excluding carboxylic acids is 1. The fourth-order valence-electron chi connectivity index (χ4n) is 4.04. The molecule has 2 aliphatic heterocycles. The maximum absolute atomic E-state index is 12.9. The number of amides is 1. The van der Waals surface area contributed by atoms with Crippen molar-refractivity contribution in [2.75, 3.05) is 26.8 Å². The molecule has 2 aromatic rings. The molecule has 1 spiro atoms. The molecule has 0 atom stereocenters. The van der Waals surface area contributed by atoms with Crippen molar-refractivity contribution in [1.82, 2.24) is 14.9 Å². The zero-order chi connectivity index (χ0) is 18.9. The average molecular weight is 367 g/mol. The summed E-state index contributed by atoms with van der Waals surface area (Å²) in [6.07, 6.45) is 4.32. The monoisotopic (exact) mass is 367 g/mol. The van der Waals surface area contributed by atoms with E-state index >= 15 is 0 Å². The lowest BCUT2D eigenvalue weighted by atomic mass is 9.83. The van der Waals surface area contributed by atoms with E-state index in [0.717, 1.165) is 36.3 Å². The van der Waals surface area contributed by atoms with E-state index in [1.165, 1.54) is 5.56 Å². The Balaban J connectivity index is 1.48. The predicted molar refractivity (Wildman–Crippen MR) is 100 cm³/mol. The van der Waals surface area contributed by atoms with Gasteiger partial charge in [0.15, 0.2) is 0 Å². The Kier molecular flexibility index (Phi) is 4.93. The van der Waals surface area contributed by atoms with E-state index in [4.69, 9.17) is 14.5 Å². The SMILES string of the molecule is COCc1ccc(C(=O)N2CCC3(CC2)OCCc2cnc(C)nc23)cc1. The molecule has 6 heteroatoms. The Labute approximate surface area is 159 Å². The maximum atomic E-state index is 12.9. The Morgan fingerprint density at radius 3 is 2.70 bits per heavy atom. The minimum Gasteiger partial charge on any atom is -0.380 e. The molecule has 1 aromatic heterocycles. The molecule has 1 amide bonds. The van der Waals surface area contributed by atoms with E-state index in [1.54, 1.807) is 7.11 Å². The van der Waals surface area contributed by atoms with Crippen LogP contribution in [0.4, 0.5) is 0 Å². The highest BCUT2D eigenvalue weighted by Gasteiger charge is 2.43. The first kappa shape index (κ1) is 18.1. The van der Waals surface area contributed by atoms with Crippen molar-refractivity contribution in [3.8, 4) is 0 Å². The number of nitrogens with zero attached hydrogens (tertiary/aromatic N) is 3. The highest BCUT2D eigenvalue weighted by Crippen LogP contribution is 2.40. The number of ether oxygens (including phenoxy) is 2. The van der Waals surface area contributed by atoms with Gasteiger partial charge in [-0.1, -0.05) is 12.1 Å². The summed E-state index contributed by atoms with van der Waals surface area (Å²) >= 11 is 0. The van der Waals surface area contributed by atoms with Gasteiger partial charge in [-0.3, -0.25) is 4.79 Å². The van der Waals surface area contributed by atoms with Crippen LogP contribution in [0.5, 0.6) is 0 Å². The molecule has 4 rings (SSSR count). The maximum Gasteiger partial charge on any atom is 0.253 e. The number of likely N-dealkylation sites (tertiary alicyclic amines) is 1. The fourth-order valence-corrected chi connectivity index (χ4v) is 4.04. The highest BCUT2D eigenvalue weighted by molar-refractivity contribution is 5.94. The minimum absolute atomic E-state index is 0.0729. The number of fused-ring (bicyclic) bond motifs is 2. The summed E-state index contributed by atoms with van der Waals surface area (Å²) in [7, 11) is 1.67. The molecule has 0 N–H and O–H groups in total. The molecule has 6 nitrogen and oxygen atoms in total. The molecular formula is C21H25N3O3. The van der Waals surface area contributed by atoms with Crippen LogP contribution in [0.25, 0.3) is 0 Å². The van der Waals surface area contributed by atoms with Gasteiger partial charge in [-0.2, -0.15) is 0 Å². The van der Waals surface area contributed by atoms with Gasteiger partial charge in [0.1, 0.15) is 11.4 Å². The number of piperidine rings is 1. The van der Waals surface area contributed by atoms with E-state index in [1.807, 2.05) is 42.3 Å². The molecule has 1 saturated heterocycles. The summed E-state index contributed by atoms with van der Waals surface area (Å²) in [4.78, 5) is 23.8. The van der Waals surface area contributed by atoms with Crippen molar-refractivity contribution in [1.29, 1.82) is 0 Å². The summed E-state index contributed by atoms with van der Waals surface area (Å²) in [6.45, 7) is 4.49. The largest absolute Gasteiger partial charge is 0.380 e. The topological polar surface area (TPSA) is 64.5 Å². The molecule has 142 valence electrons. The van der Waals surface area contributed by atoms with Gasteiger partial charge in [0.25, 0.3) is 5.91 Å². The molecule has 0 aliphatic carbocycles. The molecule has 1 fully saturated rings. The lowest BCUT2D eigenvalue weighted by Crippen LogP contribution is -2.49. The molecule has 0 bridgehead atoms. The first-order chi connectivity index (χ1) is 13.1. The van der Waals surface area contributed by atoms with Crippen LogP contribution in [0.3, 0.4) is 0 Å². The van der Waals surface area contributed by atoms with Gasteiger partial charge in [-0.15, -0.1) is 0 Å². The summed E-state index contributed by atoms with van der Waals surface area (Å²) in [5.74, 6) is 0.844. The first-order valence-electron chi connectivity index (χ1n) is 9.45. The van der Waals surface area contributed by atoms with Gasteiger partial charge in [-0.25, -0.2) is 9.97 Å². The van der Waals surface area contributed by atoms with Crippen molar-refractivity contribution < 1.29 is 14.3 Å². The van der Waals surface area contributed by atoms with Crippen LogP contribution < -0.4 is 0 Å². The number of rotatable bonds is 3. The third kappa shape index (κ3) is 3.47. The molecule has 0 unspecified atom stereocenters. The quantitative estimate of drug-likeness (QED) is 0.834. The van der Waals surface area contributed by atoms with Gasteiger partial charge in [-0.05, 0) is 49.4 Å². The third-order valence-electron chi connectivity index (χ3n) is 5.54. The lowest BCUT2D eigenvalue weighted by molar-refractivity contribution is -0.0968. The Bertz CT molecular complexity index is 827. The van der Waals surface area contributed by atoms with Crippen molar-refractivity contribution in [3.63, 3.8) is 0 Å². The lowest BCUT2D eigenvalue weighted by Gasteiger charge is -2.44. The van der Waals surface area contributed by atoms with Gasteiger partial charge in [0.05, 0.1) is 18.9 Å². The molecular weight excluding hydrogens is 342 g/mol. The Morgan fingerprint density at radius 2 is 2.00 bits per heavy atom. The highest BCUT2D eigenvalue weighted by atomic mass is 16.5. The normalized spacial score (nSPS) is 18.4. The van der Waals surface area contributed by atoms with Gasteiger partial charge < -0.3 is 14.4 Å². The second-order valence-electron chi connectivity index (χ2n) is 7.31. The van der Waals surface area contributed by atoms with Crippen LogP contribution in [0.2, 0.25) is 0 Å². The average Bonchev–Trinajstić information content (AvgIpc) is 2.70. The third-order valence-corrected chi connectivity index (χ3v) is 5.54. The zero-order valence-corrected chi connectivity index (χ0v) is 15.9. The van der Waals surface area contributed by atoms with Crippen LogP contribution in [-0.4, -0.2) is 47.6 Å². The van der Waals surface area contributed by atoms with E-state index in [9.17, 15) is 4.79 Å². The van der Waals surface area contributed by atoms with Crippen LogP contribution >= 0.6 is 0 Å². The number of hydrogen-bond donors (Lipinski definition) is 0. The van der Waals surface area contributed by atoms with Crippen molar-refractivity contribution in [2.24, 2.45) is 0 Å². The Hall–Kier alpha value is -2.31. The van der Waals surface area contributed by atoms with Crippen LogP contribution in [0, 0.1) is 6.92 Å². The molecule has 2 aliphatic rings. The second kappa shape index (κ2) is 7.37. The fraction of sp³-hybridized carbons (Fsp3) is 0.476. The first-order valence-corrected chi connectivity index (χ1v) is 9.45. The van der Waals surface area contributed by atoms with Crippen molar-refractivity contribution >= 4 is 5.91 Å². The van der Waals surface area contributed by atoms with Gasteiger partial charge in [0, 0.05) is 32.0 Å². The zero-order valence-electron chi connectivity index (χ0n) is 15.9. The number of aromatic nitrogens is 2. The summed E-state index contributed by atoms with van der Waals surface area (Å²) < 4.78 is 11.3. The number of carbonyl (C=O) groups is 1. The molecule has 27 heavy (non-hydrogen) atoms. The van der Waals surface area contributed by atoms with Gasteiger partial charge in [0.2, 0.25) is 0 Å². The van der Waals surface area contributed by atoms with Crippen molar-refractivity contribution in [2.45, 2.75) is 38.4 Å². The second-order valence-corrected chi connectivity index (χ2v) is 7.31. The van der Waals surface area contributed by atoms with Crippen LogP contribution in [0.15, 0.2) is 30.5 Å². The number of hydrogen-bond acceptors (Lipinski definition) is 5. The number of benzene rings is 1. The predicted octanol–water partition coefficient (Wildman–Crippen LogP) is 2.64. The summed E-state index contributed by atoms with van der Waals surface area (Å²) in [5, 5.41) is 0. The van der Waals surface area contributed by atoms with Crippen LogP contribution in [0.1, 0.15) is 45.8 Å². The van der Waals surface area contributed by atoms with Gasteiger partial charge >= 0.3 is 0 Å². The Morgan fingerprint density at radius 1 is 1.26 bits per heavy atom. The molecule has 0 radical (unpaired) electrons. The van der Waals surface area contributed by atoms with E-state index in [0.29, 0.717) is 31.9 Å². The smallest absolute Gasteiger partial charge is 0.253 e. The molecule has 0 saturated carbocycles. The minimum atomic E-state index is -0.375. The number of aryl methyl sites for hydroxylation is 1. The van der Waals surface area contributed by atoms with E-state index < -0.39 is 0 Å². The van der Waals surface area contributed by atoms with E-state index in [-0.39, 0.29) is 11.5 Å². The van der Waals surface area contributed by atoms with Crippen LogP contribution in [-0.2, 0) is 28.1 Å². The summed E-state index contributed by atoms with van der Waals surface area (Å²) in [5.41, 5.74) is 3.61. The molecule has 1 aromatic carbocycles. The molecule has 3 heterocycles. The summed E-state index contributed by atoms with van der Waals surface area (Å²) in [6, 6.07) is 7.65. The van der Waals surface area contributed by atoms with E-state index in [2.05, 4.69) is 4.98 Å². The number of methoxy groups -OCH3 is 1. The standard InChI is InChI=1S/C21H25N3O3/c1-15-22-13-18-7-12-27-21(19(18)23-15)8-10-24(11-9-21)20(25)17-5-3-16(4-6-17)14-26-2/h3-6,13H,7-12,14H2,1-2H3. The van der Waals surface area contributed by atoms with Crippen molar-refractivity contribution in [3.05, 3.63) is 58.7 Å².